The molecule has 0 unspecified atom stereocenters. The van der Waals surface area contributed by atoms with Crippen LogP contribution in [0, 0.1) is 5.82 Å². The zero-order chi connectivity index (χ0) is 21.2. The molecule has 2 N–H and O–H groups in total. The lowest BCUT2D eigenvalue weighted by atomic mass is 10.1. The first kappa shape index (κ1) is 20.1. The van der Waals surface area contributed by atoms with Crippen molar-refractivity contribution < 1.29 is 23.1 Å². The van der Waals surface area contributed by atoms with Crippen LogP contribution in [-0.2, 0) is 4.74 Å². The Labute approximate surface area is 165 Å². The maximum absolute atomic E-state index is 14.0. The highest BCUT2D eigenvalue weighted by atomic mass is 19.1. The van der Waals surface area contributed by atoms with Gasteiger partial charge in [-0.1, -0.05) is 18.2 Å². The number of nitrogens with one attached hydrogen (secondary N) is 2. The molecule has 0 aliphatic rings. The van der Waals surface area contributed by atoms with Crippen molar-refractivity contribution in [2.75, 3.05) is 10.6 Å². The third-order valence-corrected chi connectivity index (χ3v) is 3.75. The predicted molar refractivity (Wildman–Crippen MR) is 107 cm³/mol. The number of benzene rings is 2. The minimum atomic E-state index is -0.838. The van der Waals surface area contributed by atoms with Crippen LogP contribution in [0.5, 0.6) is 0 Å². The highest BCUT2D eigenvalue weighted by Crippen LogP contribution is 2.21. The number of carbonyl (C=O) groups excluding carboxylic acids is 2. The van der Waals surface area contributed by atoms with Crippen molar-refractivity contribution >= 4 is 34.3 Å². The molecule has 0 fully saturated rings. The first-order valence-corrected chi connectivity index (χ1v) is 8.76. The largest absolute Gasteiger partial charge is 0.444 e. The molecule has 1 aromatic heterocycles. The number of ether oxygens (including phenoxy) is 1. The second-order valence-electron chi connectivity index (χ2n) is 7.26. The van der Waals surface area contributed by atoms with E-state index in [9.17, 15) is 18.8 Å². The van der Waals surface area contributed by atoms with Gasteiger partial charge in [-0.2, -0.15) is 0 Å². The number of hydrogen-bond donors (Lipinski definition) is 2. The van der Waals surface area contributed by atoms with Crippen LogP contribution in [0.2, 0.25) is 0 Å². The van der Waals surface area contributed by atoms with Gasteiger partial charge in [-0.05, 0) is 51.1 Å². The average Bonchev–Trinajstić information content (AvgIpc) is 2.62. The summed E-state index contributed by atoms with van der Waals surface area (Å²) in [6.45, 7) is 5.03. The number of halogens is 1. The lowest BCUT2D eigenvalue weighted by molar-refractivity contribution is 0.0635. The number of hydrogen-bond acceptors (Lipinski definition) is 5. The van der Waals surface area contributed by atoms with Crippen LogP contribution in [0.25, 0.3) is 11.0 Å². The first-order valence-electron chi connectivity index (χ1n) is 8.76. The predicted octanol–water partition coefficient (Wildman–Crippen LogP) is 4.53. The number of amides is 2. The molecule has 3 aromatic rings. The zero-order valence-electron chi connectivity index (χ0n) is 16.0. The highest BCUT2D eigenvalue weighted by Gasteiger charge is 2.18. The van der Waals surface area contributed by atoms with Crippen molar-refractivity contribution in [2.45, 2.75) is 26.4 Å². The lowest BCUT2D eigenvalue weighted by Crippen LogP contribution is -2.27. The molecule has 150 valence electrons. The van der Waals surface area contributed by atoms with Crippen LogP contribution in [0.15, 0.2) is 57.7 Å². The number of fused-ring (bicyclic) bond motifs is 1. The summed E-state index contributed by atoms with van der Waals surface area (Å²) in [6, 6.07) is 11.8. The van der Waals surface area contributed by atoms with Crippen LogP contribution in [0.4, 0.5) is 20.6 Å². The standard InChI is InChI=1S/C21H19FN2O5/c1-21(2,3)29-20(27)24-16-11-13(8-9-15(16)22)23-18(25)14-10-12-6-4-5-7-17(12)28-19(14)26/h4-11H,1-3H3,(H,23,25)(H,24,27). The third kappa shape index (κ3) is 4.98. The van der Waals surface area contributed by atoms with Gasteiger partial charge in [-0.3, -0.25) is 10.1 Å². The molecule has 2 amide bonds. The number of anilines is 2. The molecule has 0 saturated carbocycles. The average molecular weight is 398 g/mol. The van der Waals surface area contributed by atoms with Gasteiger partial charge < -0.3 is 14.5 Å². The summed E-state index contributed by atoms with van der Waals surface area (Å²) in [4.78, 5) is 36.5. The summed E-state index contributed by atoms with van der Waals surface area (Å²) in [6.07, 6.45) is -0.838. The summed E-state index contributed by atoms with van der Waals surface area (Å²) in [5.74, 6) is -1.43. The third-order valence-electron chi connectivity index (χ3n) is 3.75. The van der Waals surface area contributed by atoms with Gasteiger partial charge in [0.1, 0.15) is 22.6 Å². The van der Waals surface area contributed by atoms with Gasteiger partial charge in [-0.25, -0.2) is 14.0 Å². The number of para-hydroxylation sites is 1. The maximum Gasteiger partial charge on any atom is 0.412 e. The van der Waals surface area contributed by atoms with E-state index in [1.165, 1.54) is 18.2 Å². The van der Waals surface area contributed by atoms with Gasteiger partial charge in [0.15, 0.2) is 0 Å². The second kappa shape index (κ2) is 7.75. The molecule has 29 heavy (non-hydrogen) atoms. The Morgan fingerprint density at radius 1 is 1.03 bits per heavy atom. The summed E-state index contributed by atoms with van der Waals surface area (Å²) in [5, 5.41) is 5.37. The van der Waals surface area contributed by atoms with Gasteiger partial charge in [0, 0.05) is 11.1 Å². The molecule has 0 bridgehead atoms. The van der Waals surface area contributed by atoms with Crippen molar-refractivity contribution in [2.24, 2.45) is 0 Å². The quantitative estimate of drug-likeness (QED) is 0.632. The molecule has 0 spiro atoms. The normalized spacial score (nSPS) is 11.2. The molecule has 2 aromatic carbocycles. The van der Waals surface area contributed by atoms with Crippen LogP contribution >= 0.6 is 0 Å². The Balaban J connectivity index is 1.82. The second-order valence-corrected chi connectivity index (χ2v) is 7.26. The fraction of sp³-hybridized carbons (Fsp3) is 0.190. The van der Waals surface area contributed by atoms with E-state index < -0.39 is 29.0 Å². The van der Waals surface area contributed by atoms with E-state index in [1.807, 2.05) is 0 Å². The summed E-state index contributed by atoms with van der Waals surface area (Å²) >= 11 is 0. The molecule has 0 atom stereocenters. The zero-order valence-corrected chi connectivity index (χ0v) is 16.0. The first-order chi connectivity index (χ1) is 13.6. The van der Waals surface area contributed by atoms with Crippen molar-refractivity contribution in [1.82, 2.24) is 0 Å². The SMILES string of the molecule is CC(C)(C)OC(=O)Nc1cc(NC(=O)c2cc3ccccc3oc2=O)ccc1F. The molecule has 0 aliphatic heterocycles. The molecule has 0 aliphatic carbocycles. The summed E-state index contributed by atoms with van der Waals surface area (Å²) in [7, 11) is 0. The van der Waals surface area contributed by atoms with E-state index in [0.29, 0.717) is 11.0 Å². The smallest absolute Gasteiger partial charge is 0.412 e. The van der Waals surface area contributed by atoms with E-state index in [0.717, 1.165) is 6.07 Å². The highest BCUT2D eigenvalue weighted by molar-refractivity contribution is 6.05. The fourth-order valence-electron chi connectivity index (χ4n) is 2.53. The summed E-state index contributed by atoms with van der Waals surface area (Å²) < 4.78 is 24.2. The minimum absolute atomic E-state index is 0.176. The van der Waals surface area contributed by atoms with Gasteiger partial charge in [0.25, 0.3) is 5.91 Å². The van der Waals surface area contributed by atoms with Crippen LogP contribution < -0.4 is 16.3 Å². The van der Waals surface area contributed by atoms with Crippen LogP contribution in [0.1, 0.15) is 31.1 Å². The Bertz CT molecular complexity index is 1150. The topological polar surface area (TPSA) is 97.6 Å². The van der Waals surface area contributed by atoms with Gasteiger partial charge in [0.2, 0.25) is 0 Å². The van der Waals surface area contributed by atoms with Crippen LogP contribution in [0.3, 0.4) is 0 Å². The molecule has 7 nitrogen and oxygen atoms in total. The van der Waals surface area contributed by atoms with Gasteiger partial charge in [0.05, 0.1) is 5.69 Å². The van der Waals surface area contributed by atoms with Crippen molar-refractivity contribution in [1.29, 1.82) is 0 Å². The molecule has 0 saturated heterocycles. The molecular formula is C21H19FN2O5. The Morgan fingerprint density at radius 2 is 1.76 bits per heavy atom. The van der Waals surface area contributed by atoms with E-state index >= 15 is 0 Å². The van der Waals surface area contributed by atoms with Gasteiger partial charge in [-0.15, -0.1) is 0 Å². The monoisotopic (exact) mass is 398 g/mol. The van der Waals surface area contributed by atoms with E-state index in [2.05, 4.69) is 10.6 Å². The Kier molecular flexibility index (Phi) is 5.36. The molecule has 3 rings (SSSR count). The van der Waals surface area contributed by atoms with Gasteiger partial charge >= 0.3 is 11.7 Å². The number of rotatable bonds is 3. The van der Waals surface area contributed by atoms with E-state index in [1.54, 1.807) is 45.0 Å². The van der Waals surface area contributed by atoms with E-state index in [4.69, 9.17) is 9.15 Å². The van der Waals surface area contributed by atoms with Crippen molar-refractivity contribution in [3.63, 3.8) is 0 Å². The van der Waals surface area contributed by atoms with Crippen molar-refractivity contribution in [3.8, 4) is 0 Å². The maximum atomic E-state index is 14.0. The number of carbonyl (C=O) groups is 2. The van der Waals surface area contributed by atoms with Crippen molar-refractivity contribution in [3.05, 3.63) is 70.3 Å². The molecule has 8 heteroatoms. The minimum Gasteiger partial charge on any atom is -0.444 e. The Morgan fingerprint density at radius 3 is 2.48 bits per heavy atom. The molecule has 1 heterocycles. The molecule has 0 radical (unpaired) electrons. The Hall–Kier alpha value is -3.68. The van der Waals surface area contributed by atoms with E-state index in [-0.39, 0.29) is 16.9 Å². The lowest BCUT2D eigenvalue weighted by Gasteiger charge is -2.20. The van der Waals surface area contributed by atoms with Crippen LogP contribution in [-0.4, -0.2) is 17.6 Å². The fourth-order valence-corrected chi connectivity index (χ4v) is 2.53. The summed E-state index contributed by atoms with van der Waals surface area (Å²) in [5.41, 5.74) is -1.39. The molecular weight excluding hydrogens is 379 g/mol.